The summed E-state index contributed by atoms with van der Waals surface area (Å²) >= 11 is 6.11. The highest BCUT2D eigenvalue weighted by molar-refractivity contribution is 6.30. The third kappa shape index (κ3) is 2.27. The van der Waals surface area contributed by atoms with Crippen molar-refractivity contribution < 1.29 is 0 Å². The van der Waals surface area contributed by atoms with E-state index in [1.807, 2.05) is 13.8 Å². The first-order valence-corrected chi connectivity index (χ1v) is 6.04. The molecular formula is C12H17ClN4. The van der Waals surface area contributed by atoms with E-state index in [9.17, 15) is 0 Å². The third-order valence-electron chi connectivity index (χ3n) is 2.79. The molecule has 0 aliphatic rings. The molecule has 0 atom stereocenters. The van der Waals surface area contributed by atoms with E-state index in [0.717, 1.165) is 29.0 Å². The lowest BCUT2D eigenvalue weighted by atomic mass is 9.92. The molecule has 4 nitrogen and oxygen atoms in total. The molecular weight excluding hydrogens is 236 g/mol. The summed E-state index contributed by atoms with van der Waals surface area (Å²) in [5.41, 5.74) is 2.95. The highest BCUT2D eigenvalue weighted by atomic mass is 35.5. The smallest absolute Gasteiger partial charge is 0.181 e. The lowest BCUT2D eigenvalue weighted by molar-refractivity contribution is 0.396. The van der Waals surface area contributed by atoms with Gasteiger partial charge in [-0.25, -0.2) is 0 Å². The van der Waals surface area contributed by atoms with Crippen LogP contribution < -0.4 is 0 Å². The summed E-state index contributed by atoms with van der Waals surface area (Å²) in [4.78, 5) is 0. The summed E-state index contributed by atoms with van der Waals surface area (Å²) in [6.45, 7) is 10.4. The largest absolute Gasteiger partial charge is 0.196 e. The molecule has 0 radical (unpaired) electrons. The first-order valence-electron chi connectivity index (χ1n) is 5.66. The van der Waals surface area contributed by atoms with Crippen LogP contribution in [0.4, 0.5) is 0 Å². The molecule has 5 heteroatoms. The molecule has 2 aromatic heterocycles. The van der Waals surface area contributed by atoms with Crippen LogP contribution in [-0.2, 0) is 6.42 Å². The highest BCUT2D eigenvalue weighted by Crippen LogP contribution is 2.23. The lowest BCUT2D eigenvalue weighted by Gasteiger charge is -2.16. The van der Waals surface area contributed by atoms with Crippen LogP contribution in [-0.4, -0.2) is 19.8 Å². The van der Waals surface area contributed by atoms with Gasteiger partial charge in [-0.3, -0.25) is 0 Å². The van der Waals surface area contributed by atoms with Gasteiger partial charge in [0.1, 0.15) is 0 Å². The van der Waals surface area contributed by atoms with Gasteiger partial charge < -0.3 is 0 Å². The van der Waals surface area contributed by atoms with Gasteiger partial charge in [-0.05, 0) is 24.8 Å². The number of hydrogen-bond acceptors (Lipinski definition) is 3. The number of hydrogen-bond donors (Lipinski definition) is 0. The number of fused-ring (bicyclic) bond motifs is 1. The molecule has 0 saturated carbocycles. The van der Waals surface area contributed by atoms with Crippen LogP contribution in [0.2, 0.25) is 5.15 Å². The number of aromatic nitrogens is 4. The minimum atomic E-state index is 0.149. The summed E-state index contributed by atoms with van der Waals surface area (Å²) in [5, 5.41) is 13.3. The maximum absolute atomic E-state index is 6.11. The van der Waals surface area contributed by atoms with Crippen molar-refractivity contribution in [1.29, 1.82) is 0 Å². The Morgan fingerprint density at radius 2 is 1.76 bits per heavy atom. The Labute approximate surface area is 106 Å². The minimum Gasteiger partial charge on any atom is -0.196 e. The van der Waals surface area contributed by atoms with Gasteiger partial charge in [-0.2, -0.15) is 9.61 Å². The molecule has 0 unspecified atom stereocenters. The van der Waals surface area contributed by atoms with Crippen LogP contribution in [0.15, 0.2) is 0 Å². The Morgan fingerprint density at radius 3 is 2.35 bits per heavy atom. The predicted molar refractivity (Wildman–Crippen MR) is 68.4 cm³/mol. The second-order valence-electron chi connectivity index (χ2n) is 5.63. The van der Waals surface area contributed by atoms with Crippen LogP contribution >= 0.6 is 11.6 Å². The van der Waals surface area contributed by atoms with E-state index in [4.69, 9.17) is 11.6 Å². The molecule has 92 valence electrons. The van der Waals surface area contributed by atoms with Gasteiger partial charge in [0, 0.05) is 12.0 Å². The van der Waals surface area contributed by atoms with E-state index >= 15 is 0 Å². The van der Waals surface area contributed by atoms with Crippen LogP contribution in [0.1, 0.15) is 37.7 Å². The van der Waals surface area contributed by atoms with Crippen molar-refractivity contribution >= 4 is 17.2 Å². The van der Waals surface area contributed by atoms with Gasteiger partial charge in [0.05, 0.1) is 0 Å². The Kier molecular flexibility index (Phi) is 2.86. The van der Waals surface area contributed by atoms with Crippen molar-refractivity contribution in [2.45, 2.75) is 41.0 Å². The van der Waals surface area contributed by atoms with Gasteiger partial charge in [0.15, 0.2) is 16.6 Å². The van der Waals surface area contributed by atoms with Gasteiger partial charge >= 0.3 is 0 Å². The zero-order valence-corrected chi connectivity index (χ0v) is 11.6. The lowest BCUT2D eigenvalue weighted by Crippen LogP contribution is -2.13. The molecule has 2 heterocycles. The van der Waals surface area contributed by atoms with E-state index in [2.05, 4.69) is 36.1 Å². The molecule has 0 bridgehead atoms. The fourth-order valence-electron chi connectivity index (χ4n) is 1.72. The van der Waals surface area contributed by atoms with Gasteiger partial charge in [0.25, 0.3) is 0 Å². The predicted octanol–water partition coefficient (Wildman–Crippen LogP) is 2.98. The third-order valence-corrected chi connectivity index (χ3v) is 3.15. The molecule has 0 N–H and O–H groups in total. The molecule has 17 heavy (non-hydrogen) atoms. The zero-order chi connectivity index (χ0) is 12.8. The number of aryl methyl sites for hydroxylation is 1. The van der Waals surface area contributed by atoms with E-state index in [0.29, 0.717) is 5.15 Å². The molecule has 2 aromatic rings. The van der Waals surface area contributed by atoms with Crippen LogP contribution in [0.25, 0.3) is 5.65 Å². The highest BCUT2D eigenvalue weighted by Gasteiger charge is 2.18. The van der Waals surface area contributed by atoms with Crippen LogP contribution in [0.5, 0.6) is 0 Å². The molecule has 0 saturated heterocycles. The fourth-order valence-corrected chi connectivity index (χ4v) is 1.94. The summed E-state index contributed by atoms with van der Waals surface area (Å²) < 4.78 is 1.76. The maximum atomic E-state index is 6.11. The molecule has 0 spiro atoms. The van der Waals surface area contributed by atoms with Crippen molar-refractivity contribution in [3.63, 3.8) is 0 Å². The summed E-state index contributed by atoms with van der Waals surface area (Å²) in [6, 6.07) is 0. The number of halogens is 1. The van der Waals surface area contributed by atoms with Crippen molar-refractivity contribution in [2.24, 2.45) is 5.41 Å². The Hall–Kier alpha value is -1.16. The maximum Gasteiger partial charge on any atom is 0.181 e. The molecule has 0 fully saturated rings. The average Bonchev–Trinajstić information content (AvgIpc) is 2.56. The van der Waals surface area contributed by atoms with E-state index < -0.39 is 0 Å². The van der Waals surface area contributed by atoms with Gasteiger partial charge in [-0.1, -0.05) is 32.4 Å². The van der Waals surface area contributed by atoms with Crippen molar-refractivity contribution in [3.05, 3.63) is 22.1 Å². The van der Waals surface area contributed by atoms with Gasteiger partial charge in [-0.15, -0.1) is 10.2 Å². The first kappa shape index (κ1) is 12.3. The van der Waals surface area contributed by atoms with E-state index in [1.165, 1.54) is 0 Å². The SMILES string of the molecule is Cc1c(Cl)nn2c(CC(C)(C)C)nnc2c1C. The fraction of sp³-hybridized carbons (Fsp3) is 0.583. The second-order valence-corrected chi connectivity index (χ2v) is 5.99. The second kappa shape index (κ2) is 3.95. The van der Waals surface area contributed by atoms with Crippen molar-refractivity contribution in [2.75, 3.05) is 0 Å². The van der Waals surface area contributed by atoms with Crippen LogP contribution in [0.3, 0.4) is 0 Å². The van der Waals surface area contributed by atoms with Gasteiger partial charge in [0.2, 0.25) is 0 Å². The number of rotatable bonds is 1. The summed E-state index contributed by atoms with van der Waals surface area (Å²) in [5.74, 6) is 0.859. The average molecular weight is 253 g/mol. The molecule has 2 rings (SSSR count). The Morgan fingerprint density at radius 1 is 1.12 bits per heavy atom. The number of nitrogens with zero attached hydrogens (tertiary/aromatic N) is 4. The van der Waals surface area contributed by atoms with Crippen molar-refractivity contribution in [3.8, 4) is 0 Å². The zero-order valence-electron chi connectivity index (χ0n) is 10.9. The monoisotopic (exact) mass is 252 g/mol. The summed E-state index contributed by atoms with van der Waals surface area (Å²) in [7, 11) is 0. The summed E-state index contributed by atoms with van der Waals surface area (Å²) in [6.07, 6.45) is 0.819. The quantitative estimate of drug-likeness (QED) is 0.784. The van der Waals surface area contributed by atoms with E-state index in [1.54, 1.807) is 4.52 Å². The normalized spacial score (nSPS) is 12.4. The van der Waals surface area contributed by atoms with Crippen molar-refractivity contribution in [1.82, 2.24) is 19.8 Å². The topological polar surface area (TPSA) is 43.1 Å². The Balaban J connectivity index is 2.62. The standard InChI is InChI=1S/C12H17ClN4/c1-7-8(2)11-15-14-9(6-12(3,4)5)17(11)16-10(7)13/h6H2,1-5H3. The van der Waals surface area contributed by atoms with E-state index in [-0.39, 0.29) is 5.41 Å². The molecule has 0 aliphatic heterocycles. The molecule has 0 aromatic carbocycles. The Bertz CT molecular complexity index is 566. The van der Waals surface area contributed by atoms with Crippen LogP contribution in [0, 0.1) is 19.3 Å². The minimum absolute atomic E-state index is 0.149. The molecule has 0 aliphatic carbocycles. The molecule has 0 amide bonds. The first-order chi connectivity index (χ1) is 7.79.